The number of benzene rings is 2. The Kier molecular flexibility index (Phi) is 6.82. The van der Waals surface area contributed by atoms with Gasteiger partial charge in [0.2, 0.25) is 0 Å². The third-order valence-electron chi connectivity index (χ3n) is 4.08. The number of esters is 1. The SMILES string of the molecule is CCOc1cc(C(=O)O[C@@H](C)C(=O)Nc2c(C)cccc2C)ccc1OC. The minimum absolute atomic E-state index is 0.283. The summed E-state index contributed by atoms with van der Waals surface area (Å²) in [5.41, 5.74) is 2.90. The van der Waals surface area contributed by atoms with Crippen LogP contribution in [0.15, 0.2) is 36.4 Å². The molecule has 144 valence electrons. The summed E-state index contributed by atoms with van der Waals surface area (Å²) in [6.45, 7) is 7.62. The van der Waals surface area contributed by atoms with Gasteiger partial charge in [-0.15, -0.1) is 0 Å². The lowest BCUT2D eigenvalue weighted by Crippen LogP contribution is -2.30. The molecule has 0 aromatic heterocycles. The van der Waals surface area contributed by atoms with Crippen molar-refractivity contribution in [3.8, 4) is 11.5 Å². The fraction of sp³-hybridized carbons (Fsp3) is 0.333. The van der Waals surface area contributed by atoms with Gasteiger partial charge in [0.1, 0.15) is 0 Å². The standard InChI is InChI=1S/C21H25NO5/c1-6-26-18-12-16(10-11-17(18)25-5)21(24)27-15(4)20(23)22-19-13(2)8-7-9-14(19)3/h7-12,15H,6H2,1-5H3,(H,22,23)/t15-/m0/s1. The fourth-order valence-corrected chi connectivity index (χ4v) is 2.59. The Balaban J connectivity index is 2.08. The van der Waals surface area contributed by atoms with E-state index in [1.54, 1.807) is 18.2 Å². The van der Waals surface area contributed by atoms with Crippen LogP contribution < -0.4 is 14.8 Å². The first kappa shape index (κ1) is 20.3. The number of carbonyl (C=O) groups is 2. The van der Waals surface area contributed by atoms with Crippen molar-refractivity contribution < 1.29 is 23.8 Å². The molecule has 0 fully saturated rings. The molecule has 27 heavy (non-hydrogen) atoms. The molecule has 0 saturated heterocycles. The van der Waals surface area contributed by atoms with Crippen LogP contribution in [0.1, 0.15) is 35.3 Å². The Labute approximate surface area is 159 Å². The van der Waals surface area contributed by atoms with Crippen LogP contribution in [-0.4, -0.2) is 31.7 Å². The van der Waals surface area contributed by atoms with Gasteiger partial charge < -0.3 is 19.5 Å². The molecule has 0 spiro atoms. The third kappa shape index (κ3) is 5.00. The highest BCUT2D eigenvalue weighted by atomic mass is 16.5. The van der Waals surface area contributed by atoms with Crippen molar-refractivity contribution in [3.63, 3.8) is 0 Å². The molecule has 0 aliphatic heterocycles. The van der Waals surface area contributed by atoms with E-state index in [2.05, 4.69) is 5.32 Å². The van der Waals surface area contributed by atoms with Crippen LogP contribution in [0, 0.1) is 13.8 Å². The van der Waals surface area contributed by atoms with Crippen LogP contribution >= 0.6 is 0 Å². The number of para-hydroxylation sites is 1. The first-order chi connectivity index (χ1) is 12.9. The van der Waals surface area contributed by atoms with Crippen LogP contribution in [0.3, 0.4) is 0 Å². The van der Waals surface area contributed by atoms with Crippen LogP contribution in [0.2, 0.25) is 0 Å². The predicted molar refractivity (Wildman–Crippen MR) is 104 cm³/mol. The average Bonchev–Trinajstić information content (AvgIpc) is 2.64. The molecule has 0 heterocycles. The van der Waals surface area contributed by atoms with E-state index in [1.165, 1.54) is 14.0 Å². The molecule has 2 aromatic carbocycles. The first-order valence-electron chi connectivity index (χ1n) is 8.76. The quantitative estimate of drug-likeness (QED) is 0.748. The summed E-state index contributed by atoms with van der Waals surface area (Å²) in [7, 11) is 1.52. The zero-order valence-corrected chi connectivity index (χ0v) is 16.3. The Morgan fingerprint density at radius 3 is 2.33 bits per heavy atom. The lowest BCUT2D eigenvalue weighted by atomic mass is 10.1. The van der Waals surface area contributed by atoms with E-state index in [1.807, 2.05) is 39.0 Å². The Morgan fingerprint density at radius 2 is 1.74 bits per heavy atom. The molecule has 2 aromatic rings. The number of amides is 1. The zero-order chi connectivity index (χ0) is 20.0. The smallest absolute Gasteiger partial charge is 0.339 e. The van der Waals surface area contributed by atoms with Gasteiger partial charge in [-0.25, -0.2) is 4.79 Å². The number of aryl methyl sites for hydroxylation is 2. The summed E-state index contributed by atoms with van der Waals surface area (Å²) < 4.78 is 16.0. The Hall–Kier alpha value is -3.02. The second-order valence-electron chi connectivity index (χ2n) is 6.10. The first-order valence-corrected chi connectivity index (χ1v) is 8.76. The molecule has 6 nitrogen and oxygen atoms in total. The lowest BCUT2D eigenvalue weighted by Gasteiger charge is -2.17. The van der Waals surface area contributed by atoms with Gasteiger partial charge in [0.15, 0.2) is 17.6 Å². The fourth-order valence-electron chi connectivity index (χ4n) is 2.59. The molecule has 2 rings (SSSR count). The molecule has 0 saturated carbocycles. The number of rotatable bonds is 7. The van der Waals surface area contributed by atoms with Crippen LogP contribution in [-0.2, 0) is 9.53 Å². The lowest BCUT2D eigenvalue weighted by molar-refractivity contribution is -0.123. The molecule has 0 unspecified atom stereocenters. The van der Waals surface area contributed by atoms with Gasteiger partial charge in [-0.3, -0.25) is 4.79 Å². The van der Waals surface area contributed by atoms with E-state index in [4.69, 9.17) is 14.2 Å². The molecule has 0 bridgehead atoms. The van der Waals surface area contributed by atoms with Crippen molar-refractivity contribution in [1.29, 1.82) is 0 Å². The van der Waals surface area contributed by atoms with Crippen LogP contribution in [0.5, 0.6) is 11.5 Å². The van der Waals surface area contributed by atoms with Gasteiger partial charge in [-0.2, -0.15) is 0 Å². The maximum Gasteiger partial charge on any atom is 0.339 e. The van der Waals surface area contributed by atoms with E-state index < -0.39 is 12.1 Å². The van der Waals surface area contributed by atoms with Gasteiger partial charge in [-0.1, -0.05) is 18.2 Å². The second-order valence-corrected chi connectivity index (χ2v) is 6.10. The summed E-state index contributed by atoms with van der Waals surface area (Å²) >= 11 is 0. The highest BCUT2D eigenvalue weighted by Crippen LogP contribution is 2.28. The summed E-state index contributed by atoms with van der Waals surface area (Å²) in [5, 5.41) is 2.82. The van der Waals surface area contributed by atoms with Crippen LogP contribution in [0.4, 0.5) is 5.69 Å². The summed E-state index contributed by atoms with van der Waals surface area (Å²) in [6.07, 6.45) is -0.950. The van der Waals surface area contributed by atoms with Gasteiger partial charge in [0, 0.05) is 5.69 Å². The van der Waals surface area contributed by atoms with Crippen molar-refractivity contribution in [3.05, 3.63) is 53.1 Å². The maximum absolute atomic E-state index is 12.4. The molecule has 0 radical (unpaired) electrons. The Bertz CT molecular complexity index is 811. The predicted octanol–water partition coefficient (Wildman–Crippen LogP) is 3.89. The number of carbonyl (C=O) groups excluding carboxylic acids is 2. The minimum Gasteiger partial charge on any atom is -0.493 e. The molecule has 0 aliphatic carbocycles. The van der Waals surface area contributed by atoms with E-state index in [0.29, 0.717) is 18.1 Å². The number of anilines is 1. The van der Waals surface area contributed by atoms with E-state index >= 15 is 0 Å². The molecule has 6 heteroatoms. The van der Waals surface area contributed by atoms with Gasteiger partial charge in [0.05, 0.1) is 19.3 Å². The van der Waals surface area contributed by atoms with Crippen molar-refractivity contribution >= 4 is 17.6 Å². The van der Waals surface area contributed by atoms with Gasteiger partial charge in [0.25, 0.3) is 5.91 Å². The van der Waals surface area contributed by atoms with E-state index in [9.17, 15) is 9.59 Å². The summed E-state index contributed by atoms with van der Waals surface area (Å²) in [4.78, 5) is 24.8. The third-order valence-corrected chi connectivity index (χ3v) is 4.08. The molecular formula is C21H25NO5. The van der Waals surface area contributed by atoms with Crippen molar-refractivity contribution in [2.45, 2.75) is 33.8 Å². The van der Waals surface area contributed by atoms with Crippen molar-refractivity contribution in [2.24, 2.45) is 0 Å². The van der Waals surface area contributed by atoms with Crippen molar-refractivity contribution in [1.82, 2.24) is 0 Å². The van der Waals surface area contributed by atoms with Crippen molar-refractivity contribution in [2.75, 3.05) is 19.0 Å². The largest absolute Gasteiger partial charge is 0.493 e. The number of hydrogen-bond acceptors (Lipinski definition) is 5. The normalized spacial score (nSPS) is 11.4. The minimum atomic E-state index is -0.950. The van der Waals surface area contributed by atoms with E-state index in [-0.39, 0.29) is 11.5 Å². The maximum atomic E-state index is 12.4. The number of methoxy groups -OCH3 is 1. The summed E-state index contributed by atoms with van der Waals surface area (Å²) in [6, 6.07) is 10.5. The van der Waals surface area contributed by atoms with Gasteiger partial charge in [-0.05, 0) is 57.0 Å². The van der Waals surface area contributed by atoms with Gasteiger partial charge >= 0.3 is 5.97 Å². The number of nitrogens with one attached hydrogen (secondary N) is 1. The molecular weight excluding hydrogens is 346 g/mol. The highest BCUT2D eigenvalue weighted by Gasteiger charge is 2.21. The molecule has 0 aliphatic rings. The second kappa shape index (κ2) is 9.07. The molecule has 1 atom stereocenters. The van der Waals surface area contributed by atoms with Crippen LogP contribution in [0.25, 0.3) is 0 Å². The number of ether oxygens (including phenoxy) is 3. The Morgan fingerprint density at radius 1 is 1.07 bits per heavy atom. The van der Waals surface area contributed by atoms with E-state index in [0.717, 1.165) is 16.8 Å². The topological polar surface area (TPSA) is 73.9 Å². The molecule has 1 amide bonds. The summed E-state index contributed by atoms with van der Waals surface area (Å²) in [5.74, 6) is -0.0293. The highest BCUT2D eigenvalue weighted by molar-refractivity contribution is 5.98. The molecule has 1 N–H and O–H groups in total. The monoisotopic (exact) mass is 371 g/mol. The zero-order valence-electron chi connectivity index (χ0n) is 16.3. The number of hydrogen-bond donors (Lipinski definition) is 1. The average molecular weight is 371 g/mol.